The minimum absolute atomic E-state index is 0.448. The lowest BCUT2D eigenvalue weighted by Crippen LogP contribution is -1.95. The maximum absolute atomic E-state index is 10.6. The molecule has 72 valence electrons. The Hall–Kier alpha value is -1.30. The van der Waals surface area contributed by atoms with Crippen LogP contribution in [0.15, 0.2) is 18.2 Å². The topological polar surface area (TPSA) is 43.1 Å². The van der Waals surface area contributed by atoms with Crippen LogP contribution in [0.4, 0.5) is 0 Å². The zero-order valence-electron chi connectivity index (χ0n) is 7.59. The normalized spacial score (nSPS) is 9.00. The van der Waals surface area contributed by atoms with E-state index >= 15 is 0 Å². The Morgan fingerprint density at radius 1 is 1.50 bits per heavy atom. The van der Waals surface area contributed by atoms with Gasteiger partial charge in [0.2, 0.25) is 0 Å². The Bertz CT molecular complexity index is 390. The van der Waals surface area contributed by atoms with E-state index in [2.05, 4.69) is 11.8 Å². The van der Waals surface area contributed by atoms with Crippen LogP contribution in [0.25, 0.3) is 0 Å². The van der Waals surface area contributed by atoms with Gasteiger partial charge in [0.1, 0.15) is 0 Å². The number of halogens is 1. The molecule has 2 N–H and O–H groups in total. The molecule has 0 saturated heterocycles. The van der Waals surface area contributed by atoms with Crippen molar-refractivity contribution in [2.45, 2.75) is 6.42 Å². The summed E-state index contributed by atoms with van der Waals surface area (Å²) in [7, 11) is 0. The van der Waals surface area contributed by atoms with Crippen LogP contribution in [0, 0.1) is 11.8 Å². The van der Waals surface area contributed by atoms with Crippen molar-refractivity contribution in [3.8, 4) is 11.8 Å². The molecule has 0 radical (unpaired) electrons. The third-order valence-corrected chi connectivity index (χ3v) is 1.97. The lowest BCUT2D eigenvalue weighted by atomic mass is 10.1. The summed E-state index contributed by atoms with van der Waals surface area (Å²) in [6.07, 6.45) is 1.37. The lowest BCUT2D eigenvalue weighted by molar-refractivity contribution is 0.112. The maximum Gasteiger partial charge on any atom is 0.151 e. The molecule has 0 aliphatic carbocycles. The van der Waals surface area contributed by atoms with Gasteiger partial charge in [-0.25, -0.2) is 0 Å². The molecule has 0 aliphatic rings. The number of aldehydes is 1. The van der Waals surface area contributed by atoms with Crippen molar-refractivity contribution in [2.24, 2.45) is 5.73 Å². The molecule has 0 amide bonds. The molecular formula is C11H10ClNO. The van der Waals surface area contributed by atoms with Gasteiger partial charge in [-0.15, -0.1) is 0 Å². The molecule has 0 atom stereocenters. The second-order valence-electron chi connectivity index (χ2n) is 2.69. The first-order chi connectivity index (χ1) is 6.77. The van der Waals surface area contributed by atoms with E-state index in [1.807, 2.05) is 0 Å². The number of carbonyl (C=O) groups is 1. The molecule has 0 bridgehead atoms. The van der Waals surface area contributed by atoms with Crippen molar-refractivity contribution in [1.29, 1.82) is 0 Å². The van der Waals surface area contributed by atoms with Crippen LogP contribution in [-0.2, 0) is 0 Å². The molecule has 1 rings (SSSR count). The Balaban J connectivity index is 2.91. The second-order valence-corrected chi connectivity index (χ2v) is 3.10. The van der Waals surface area contributed by atoms with Crippen LogP contribution in [0.3, 0.4) is 0 Å². The molecule has 0 aromatic heterocycles. The summed E-state index contributed by atoms with van der Waals surface area (Å²) in [6, 6.07) is 5.11. The number of rotatable bonds is 2. The number of benzene rings is 1. The summed E-state index contributed by atoms with van der Waals surface area (Å²) >= 11 is 5.76. The number of nitrogens with two attached hydrogens (primary N) is 1. The Kier molecular flexibility index (Phi) is 4.18. The van der Waals surface area contributed by atoms with Crippen LogP contribution in [0.2, 0.25) is 5.02 Å². The van der Waals surface area contributed by atoms with Gasteiger partial charge in [0.05, 0.1) is 5.02 Å². The molecule has 0 heterocycles. The molecule has 1 aromatic rings. The van der Waals surface area contributed by atoms with Crippen molar-refractivity contribution >= 4 is 17.9 Å². The van der Waals surface area contributed by atoms with Crippen molar-refractivity contribution in [2.75, 3.05) is 6.54 Å². The van der Waals surface area contributed by atoms with Crippen molar-refractivity contribution in [1.82, 2.24) is 0 Å². The third-order valence-electron chi connectivity index (χ3n) is 1.63. The minimum atomic E-state index is 0.448. The molecule has 0 spiro atoms. The summed E-state index contributed by atoms with van der Waals surface area (Å²) in [5.74, 6) is 5.79. The van der Waals surface area contributed by atoms with Gasteiger partial charge in [-0.05, 0) is 18.2 Å². The number of hydrogen-bond acceptors (Lipinski definition) is 2. The van der Waals surface area contributed by atoms with E-state index in [0.29, 0.717) is 23.6 Å². The SMILES string of the molecule is NCCC#Cc1ccc(Cl)c(C=O)c1. The van der Waals surface area contributed by atoms with Crippen LogP contribution < -0.4 is 5.73 Å². The van der Waals surface area contributed by atoms with Gasteiger partial charge < -0.3 is 5.73 Å². The molecule has 14 heavy (non-hydrogen) atoms. The van der Waals surface area contributed by atoms with Gasteiger partial charge in [0.25, 0.3) is 0 Å². The summed E-state index contributed by atoms with van der Waals surface area (Å²) in [4.78, 5) is 10.6. The smallest absolute Gasteiger partial charge is 0.151 e. The summed E-state index contributed by atoms with van der Waals surface area (Å²) in [5.41, 5.74) is 6.54. The van der Waals surface area contributed by atoms with Gasteiger partial charge in [0.15, 0.2) is 6.29 Å². The van der Waals surface area contributed by atoms with Gasteiger partial charge in [-0.1, -0.05) is 23.4 Å². The molecule has 0 fully saturated rings. The first-order valence-electron chi connectivity index (χ1n) is 4.21. The van der Waals surface area contributed by atoms with E-state index in [1.165, 1.54) is 0 Å². The van der Waals surface area contributed by atoms with E-state index in [9.17, 15) is 4.79 Å². The Labute approximate surface area is 88.1 Å². The highest BCUT2D eigenvalue weighted by atomic mass is 35.5. The largest absolute Gasteiger partial charge is 0.330 e. The predicted molar refractivity (Wildman–Crippen MR) is 57.4 cm³/mol. The van der Waals surface area contributed by atoms with E-state index in [0.717, 1.165) is 11.8 Å². The van der Waals surface area contributed by atoms with E-state index in [4.69, 9.17) is 17.3 Å². The van der Waals surface area contributed by atoms with E-state index < -0.39 is 0 Å². The van der Waals surface area contributed by atoms with E-state index in [1.54, 1.807) is 18.2 Å². The van der Waals surface area contributed by atoms with Crippen LogP contribution in [-0.4, -0.2) is 12.8 Å². The highest BCUT2D eigenvalue weighted by Gasteiger charge is 1.98. The monoisotopic (exact) mass is 207 g/mol. The van der Waals surface area contributed by atoms with E-state index in [-0.39, 0.29) is 0 Å². The zero-order chi connectivity index (χ0) is 10.4. The fourth-order valence-corrected chi connectivity index (χ4v) is 1.11. The predicted octanol–water partition coefficient (Wildman–Crippen LogP) is 1.85. The quantitative estimate of drug-likeness (QED) is 0.594. The van der Waals surface area contributed by atoms with Gasteiger partial charge in [-0.2, -0.15) is 0 Å². The summed E-state index contributed by atoms with van der Waals surface area (Å²) < 4.78 is 0. The van der Waals surface area contributed by atoms with Crippen LogP contribution in [0.1, 0.15) is 22.3 Å². The lowest BCUT2D eigenvalue weighted by Gasteiger charge is -1.95. The highest BCUT2D eigenvalue weighted by molar-refractivity contribution is 6.32. The van der Waals surface area contributed by atoms with Gasteiger partial charge in [-0.3, -0.25) is 4.79 Å². The highest BCUT2D eigenvalue weighted by Crippen LogP contribution is 2.14. The van der Waals surface area contributed by atoms with Gasteiger partial charge in [0, 0.05) is 24.1 Å². The number of hydrogen-bond donors (Lipinski definition) is 1. The molecule has 0 unspecified atom stereocenters. The average molecular weight is 208 g/mol. The standard InChI is InChI=1S/C11H10ClNO/c12-11-5-4-9(3-1-2-6-13)7-10(11)8-14/h4-5,7-8H,2,6,13H2. The Morgan fingerprint density at radius 2 is 2.29 bits per heavy atom. The number of carbonyl (C=O) groups excluding carboxylic acids is 1. The molecular weight excluding hydrogens is 198 g/mol. The molecule has 3 heteroatoms. The molecule has 1 aromatic carbocycles. The molecule has 2 nitrogen and oxygen atoms in total. The Morgan fingerprint density at radius 3 is 2.93 bits per heavy atom. The molecule has 0 aliphatic heterocycles. The van der Waals surface area contributed by atoms with Crippen LogP contribution in [0.5, 0.6) is 0 Å². The molecule has 0 saturated carbocycles. The fraction of sp³-hybridized carbons (Fsp3) is 0.182. The summed E-state index contributed by atoms with van der Waals surface area (Å²) in [6.45, 7) is 0.543. The zero-order valence-corrected chi connectivity index (χ0v) is 8.34. The first-order valence-corrected chi connectivity index (χ1v) is 4.59. The van der Waals surface area contributed by atoms with Crippen molar-refractivity contribution < 1.29 is 4.79 Å². The second kappa shape index (κ2) is 5.43. The minimum Gasteiger partial charge on any atom is -0.330 e. The van der Waals surface area contributed by atoms with Crippen LogP contribution >= 0.6 is 11.6 Å². The fourth-order valence-electron chi connectivity index (χ4n) is 0.949. The third kappa shape index (κ3) is 2.88. The van der Waals surface area contributed by atoms with Gasteiger partial charge >= 0.3 is 0 Å². The summed E-state index contributed by atoms with van der Waals surface area (Å²) in [5, 5.41) is 0.448. The first kappa shape index (κ1) is 10.8. The van der Waals surface area contributed by atoms with Crippen molar-refractivity contribution in [3.05, 3.63) is 34.3 Å². The average Bonchev–Trinajstić information content (AvgIpc) is 2.21. The maximum atomic E-state index is 10.6. The van der Waals surface area contributed by atoms with Crippen molar-refractivity contribution in [3.63, 3.8) is 0 Å².